The summed E-state index contributed by atoms with van der Waals surface area (Å²) in [6, 6.07) is 6.66. The smallest absolute Gasteiger partial charge is 0.269 e. The van der Waals surface area contributed by atoms with Gasteiger partial charge in [0.25, 0.3) is 5.91 Å². The number of benzene rings is 1. The summed E-state index contributed by atoms with van der Waals surface area (Å²) in [5.41, 5.74) is 5.79. The van der Waals surface area contributed by atoms with Crippen molar-refractivity contribution in [2.24, 2.45) is 5.92 Å². The van der Waals surface area contributed by atoms with Crippen LogP contribution in [0.2, 0.25) is 5.02 Å². The molecule has 22 heavy (non-hydrogen) atoms. The largest absolute Gasteiger partial charge is 0.361 e. The molecule has 1 aromatic carbocycles. The number of halogens is 1. The van der Waals surface area contributed by atoms with Gasteiger partial charge in [0.2, 0.25) is 0 Å². The van der Waals surface area contributed by atoms with Crippen molar-refractivity contribution in [2.45, 2.75) is 39.5 Å². The van der Waals surface area contributed by atoms with Gasteiger partial charge in [-0.1, -0.05) is 44.7 Å². The highest BCUT2D eigenvalue weighted by atomic mass is 35.5. The van der Waals surface area contributed by atoms with E-state index >= 15 is 0 Å². The van der Waals surface area contributed by atoms with Crippen molar-refractivity contribution in [3.63, 3.8) is 0 Å². The number of nitrogens with one attached hydrogen (secondary N) is 3. The van der Waals surface area contributed by atoms with Crippen molar-refractivity contribution in [3.8, 4) is 0 Å². The maximum atomic E-state index is 11.9. The number of hydrogen-bond acceptors (Lipinski definition) is 2. The third-order valence-electron chi connectivity index (χ3n) is 3.31. The van der Waals surface area contributed by atoms with Gasteiger partial charge in [0.15, 0.2) is 5.11 Å². The Morgan fingerprint density at radius 2 is 1.91 bits per heavy atom. The monoisotopic (exact) mass is 341 g/mol. The van der Waals surface area contributed by atoms with E-state index < -0.39 is 0 Å². The van der Waals surface area contributed by atoms with Gasteiger partial charge in [-0.05, 0) is 48.8 Å². The van der Waals surface area contributed by atoms with Crippen LogP contribution >= 0.6 is 23.8 Å². The highest BCUT2D eigenvalue weighted by Crippen LogP contribution is 2.09. The van der Waals surface area contributed by atoms with Crippen LogP contribution in [0.1, 0.15) is 49.9 Å². The number of amides is 1. The molecule has 0 bridgehead atoms. The maximum Gasteiger partial charge on any atom is 0.269 e. The van der Waals surface area contributed by atoms with Gasteiger partial charge in [0.05, 0.1) is 0 Å². The second-order valence-electron chi connectivity index (χ2n) is 5.40. The quantitative estimate of drug-likeness (QED) is 0.402. The highest BCUT2D eigenvalue weighted by molar-refractivity contribution is 7.80. The van der Waals surface area contributed by atoms with Crippen LogP contribution in [0.5, 0.6) is 0 Å². The summed E-state index contributed by atoms with van der Waals surface area (Å²) < 4.78 is 0. The first-order valence-electron chi connectivity index (χ1n) is 7.62. The van der Waals surface area contributed by atoms with Gasteiger partial charge in [-0.2, -0.15) is 0 Å². The van der Waals surface area contributed by atoms with Crippen molar-refractivity contribution in [2.75, 3.05) is 6.54 Å². The Bertz CT molecular complexity index is 479. The van der Waals surface area contributed by atoms with Crippen LogP contribution in [0, 0.1) is 5.92 Å². The Balaban J connectivity index is 2.22. The first-order valence-corrected chi connectivity index (χ1v) is 8.41. The third-order valence-corrected chi connectivity index (χ3v) is 3.81. The summed E-state index contributed by atoms with van der Waals surface area (Å²) in [5, 5.41) is 4.13. The predicted molar refractivity (Wildman–Crippen MR) is 96.0 cm³/mol. The van der Waals surface area contributed by atoms with E-state index in [9.17, 15) is 4.79 Å². The lowest BCUT2D eigenvalue weighted by molar-refractivity contribution is 0.0943. The van der Waals surface area contributed by atoms with Crippen LogP contribution in [0.15, 0.2) is 24.3 Å². The van der Waals surface area contributed by atoms with Crippen molar-refractivity contribution >= 4 is 34.8 Å². The van der Waals surface area contributed by atoms with Crippen LogP contribution in [0.25, 0.3) is 0 Å². The van der Waals surface area contributed by atoms with E-state index in [4.69, 9.17) is 23.8 Å². The van der Waals surface area contributed by atoms with Gasteiger partial charge in [0, 0.05) is 17.1 Å². The van der Waals surface area contributed by atoms with E-state index in [0.717, 1.165) is 6.54 Å². The molecule has 0 radical (unpaired) electrons. The molecule has 0 fully saturated rings. The molecule has 1 atom stereocenters. The SMILES string of the molecule is CCCCC[C@H](C)CNC(=S)NNC(=O)c1ccc(Cl)cc1. The first kappa shape index (κ1) is 18.7. The van der Waals surface area contributed by atoms with E-state index in [1.54, 1.807) is 24.3 Å². The fraction of sp³-hybridized carbons (Fsp3) is 0.500. The van der Waals surface area contributed by atoms with Crippen molar-refractivity contribution in [3.05, 3.63) is 34.9 Å². The Hall–Kier alpha value is -1.33. The molecule has 0 spiro atoms. The van der Waals surface area contributed by atoms with Crippen molar-refractivity contribution in [1.29, 1.82) is 0 Å². The first-order chi connectivity index (χ1) is 10.5. The summed E-state index contributed by atoms with van der Waals surface area (Å²) >= 11 is 10.9. The standard InChI is InChI=1S/C16H24ClN3OS/c1-3-4-5-6-12(2)11-18-16(22)20-19-15(21)13-7-9-14(17)10-8-13/h7-10,12H,3-6,11H2,1-2H3,(H,19,21)(H2,18,20,22)/t12-/m0/s1. The number of thiocarbonyl (C=S) groups is 1. The maximum absolute atomic E-state index is 11.9. The van der Waals surface area contributed by atoms with Crippen LogP contribution < -0.4 is 16.2 Å². The van der Waals surface area contributed by atoms with Crippen molar-refractivity contribution in [1.82, 2.24) is 16.2 Å². The summed E-state index contributed by atoms with van der Waals surface area (Å²) in [5.74, 6) is 0.301. The molecule has 4 nitrogen and oxygen atoms in total. The molecule has 6 heteroatoms. The molecule has 0 aliphatic carbocycles. The molecule has 122 valence electrons. The normalized spacial score (nSPS) is 11.6. The van der Waals surface area contributed by atoms with Crippen LogP contribution in [0.4, 0.5) is 0 Å². The molecule has 0 heterocycles. The Morgan fingerprint density at radius 1 is 1.23 bits per heavy atom. The Kier molecular flexibility index (Phi) is 8.85. The molecule has 0 aromatic heterocycles. The average Bonchev–Trinajstić information content (AvgIpc) is 2.51. The van der Waals surface area contributed by atoms with Gasteiger partial charge >= 0.3 is 0 Å². The van der Waals surface area contributed by atoms with Crippen LogP contribution in [-0.4, -0.2) is 17.6 Å². The van der Waals surface area contributed by atoms with Gasteiger partial charge < -0.3 is 5.32 Å². The van der Waals surface area contributed by atoms with Gasteiger partial charge in [-0.25, -0.2) is 0 Å². The molecule has 1 rings (SSSR count). The van der Waals surface area contributed by atoms with E-state index in [-0.39, 0.29) is 5.91 Å². The van der Waals surface area contributed by atoms with E-state index in [1.807, 2.05) is 0 Å². The second kappa shape index (κ2) is 10.4. The average molecular weight is 342 g/mol. The summed E-state index contributed by atoms with van der Waals surface area (Å²) in [7, 11) is 0. The van der Waals surface area contributed by atoms with Crippen LogP contribution in [0.3, 0.4) is 0 Å². The number of carbonyl (C=O) groups excluding carboxylic acids is 1. The number of hydrogen-bond donors (Lipinski definition) is 3. The zero-order valence-corrected chi connectivity index (χ0v) is 14.7. The Labute approximate surface area is 143 Å². The molecule has 0 aliphatic heterocycles. The summed E-state index contributed by atoms with van der Waals surface area (Å²) in [6.45, 7) is 5.19. The second-order valence-corrected chi connectivity index (χ2v) is 6.24. The van der Waals surface area contributed by atoms with Gasteiger partial charge in [0.1, 0.15) is 0 Å². The van der Waals surface area contributed by atoms with Gasteiger partial charge in [-0.3, -0.25) is 15.6 Å². The Morgan fingerprint density at radius 3 is 2.55 bits per heavy atom. The minimum absolute atomic E-state index is 0.253. The van der Waals surface area contributed by atoms with Crippen LogP contribution in [-0.2, 0) is 0 Å². The molecule has 1 aromatic rings. The molecule has 0 unspecified atom stereocenters. The minimum atomic E-state index is -0.253. The minimum Gasteiger partial charge on any atom is -0.361 e. The summed E-state index contributed by atoms with van der Waals surface area (Å²) in [4.78, 5) is 11.9. The third kappa shape index (κ3) is 7.61. The molecule has 0 aliphatic rings. The lowest BCUT2D eigenvalue weighted by Gasteiger charge is -2.15. The number of rotatable bonds is 7. The predicted octanol–water partition coefficient (Wildman–Crippen LogP) is 3.67. The number of unbranched alkanes of at least 4 members (excludes halogenated alkanes) is 2. The molecule has 0 saturated heterocycles. The molecule has 1 amide bonds. The van der Waals surface area contributed by atoms with E-state index in [0.29, 0.717) is 21.6 Å². The topological polar surface area (TPSA) is 53.2 Å². The van der Waals surface area contributed by atoms with Crippen molar-refractivity contribution < 1.29 is 4.79 Å². The van der Waals surface area contributed by atoms with E-state index in [2.05, 4.69) is 30.0 Å². The van der Waals surface area contributed by atoms with Gasteiger partial charge in [-0.15, -0.1) is 0 Å². The fourth-order valence-electron chi connectivity index (χ4n) is 1.94. The summed E-state index contributed by atoms with van der Waals surface area (Å²) in [6.07, 6.45) is 4.93. The number of hydrazine groups is 1. The lowest BCUT2D eigenvalue weighted by Crippen LogP contribution is -2.47. The lowest BCUT2D eigenvalue weighted by atomic mass is 10.0. The zero-order valence-electron chi connectivity index (χ0n) is 13.1. The zero-order chi connectivity index (χ0) is 16.4. The highest BCUT2D eigenvalue weighted by Gasteiger charge is 2.06. The molecule has 0 saturated carbocycles. The number of carbonyl (C=O) groups is 1. The molecule has 3 N–H and O–H groups in total. The molecular weight excluding hydrogens is 318 g/mol. The molecular formula is C16H24ClN3OS. The van der Waals surface area contributed by atoms with E-state index in [1.165, 1.54) is 25.7 Å². The fourth-order valence-corrected chi connectivity index (χ4v) is 2.20.